The van der Waals surface area contributed by atoms with Crippen molar-refractivity contribution in [1.29, 1.82) is 0 Å². The lowest BCUT2D eigenvalue weighted by Gasteiger charge is -2.34. The van der Waals surface area contributed by atoms with E-state index in [1.807, 2.05) is 146 Å². The number of rotatable bonds is 8. The van der Waals surface area contributed by atoms with Gasteiger partial charge in [-0.05, 0) is 169 Å². The summed E-state index contributed by atoms with van der Waals surface area (Å²) < 4.78 is 144. The van der Waals surface area contributed by atoms with Gasteiger partial charge in [-0.15, -0.1) is 0 Å². The van der Waals surface area contributed by atoms with Gasteiger partial charge in [0.25, 0.3) is 0 Å². The lowest BCUT2D eigenvalue weighted by molar-refractivity contribution is 0.432. The van der Waals surface area contributed by atoms with E-state index in [-0.39, 0.29) is 106 Å². The Bertz CT molecular complexity index is 4840. The molecule has 0 atom stereocenters. The molecule has 10 aromatic rings. The maximum absolute atomic E-state index is 10.3. The highest BCUT2D eigenvalue weighted by Gasteiger charge is 2.34. The third kappa shape index (κ3) is 10.1. The van der Waals surface area contributed by atoms with Crippen LogP contribution in [0.3, 0.4) is 0 Å². The van der Waals surface area contributed by atoms with E-state index < -0.39 is 45.8 Å². The van der Waals surface area contributed by atoms with Crippen LogP contribution in [0, 0.1) is 0 Å². The molecule has 0 amide bonds. The molecule has 0 spiro atoms. The Labute approximate surface area is 502 Å². The number of benzene rings is 8. The van der Waals surface area contributed by atoms with Gasteiger partial charge in [-0.3, -0.25) is 4.57 Å². The van der Waals surface area contributed by atoms with Gasteiger partial charge in [0.1, 0.15) is 24.0 Å². The molecule has 0 bridgehead atoms. The third-order valence-electron chi connectivity index (χ3n) is 16.0. The molecular weight excluding hydrogens is 985 g/mol. The van der Waals surface area contributed by atoms with Gasteiger partial charge in [0.2, 0.25) is 0 Å². The van der Waals surface area contributed by atoms with Gasteiger partial charge in [-0.25, -0.2) is 4.98 Å². The van der Waals surface area contributed by atoms with Crippen molar-refractivity contribution in [2.24, 2.45) is 0 Å². The average molecular weight is 1080 g/mol. The second-order valence-electron chi connectivity index (χ2n) is 26.7. The fourth-order valence-corrected chi connectivity index (χ4v) is 11.3. The summed E-state index contributed by atoms with van der Waals surface area (Å²) in [6.07, 6.45) is 3.79. The molecule has 12 rings (SSSR count). The van der Waals surface area contributed by atoms with Crippen molar-refractivity contribution in [3.63, 3.8) is 0 Å². The van der Waals surface area contributed by atoms with Crippen LogP contribution in [0.15, 0.2) is 182 Å². The zero-order chi connectivity index (χ0) is 69.2. The van der Waals surface area contributed by atoms with Crippen molar-refractivity contribution in [2.45, 2.75) is 143 Å². The number of aromatic nitrogens is 2. The van der Waals surface area contributed by atoms with Gasteiger partial charge in [0.15, 0.2) is 0 Å². The highest BCUT2D eigenvalue weighted by molar-refractivity contribution is 6.09. The summed E-state index contributed by atoms with van der Waals surface area (Å²) in [5.74, 6) is 1.34. The number of para-hydroxylation sites is 3. The van der Waals surface area contributed by atoms with Crippen LogP contribution in [-0.2, 0) is 33.5 Å². The van der Waals surface area contributed by atoms with Crippen molar-refractivity contribution in [3.8, 4) is 50.7 Å². The molecule has 0 fully saturated rings. The number of fused-ring (bicyclic) bond motifs is 5. The van der Waals surface area contributed by atoms with Gasteiger partial charge in [0, 0.05) is 45.9 Å². The fraction of sp³-hybridized carbons (Fsp3) is 0.303. The Hall–Kier alpha value is -7.89. The first-order chi connectivity index (χ1) is 44.3. The second-order valence-corrected chi connectivity index (χ2v) is 26.7. The minimum Gasteiger partial charge on any atom is -0.457 e. The van der Waals surface area contributed by atoms with Gasteiger partial charge < -0.3 is 14.5 Å². The molecule has 1 aliphatic heterocycles. The number of nitrogens with zero attached hydrogens (tertiary/aromatic N) is 4. The third-order valence-corrected chi connectivity index (χ3v) is 16.0. The normalized spacial score (nSPS) is 17.1. The van der Waals surface area contributed by atoms with Gasteiger partial charge in [-0.2, -0.15) is 0 Å². The predicted molar refractivity (Wildman–Crippen MR) is 344 cm³/mol. The molecule has 3 heterocycles. The molecule has 0 saturated carbocycles. The molecule has 410 valence electrons. The van der Waals surface area contributed by atoms with Crippen molar-refractivity contribution >= 4 is 44.6 Å². The minimum absolute atomic E-state index is 0.0249. The van der Waals surface area contributed by atoms with E-state index in [0.717, 1.165) is 24.1 Å². The van der Waals surface area contributed by atoms with Crippen molar-refractivity contribution in [2.75, 3.05) is 16.5 Å². The molecule has 0 unspecified atom stereocenters. The highest BCUT2D eigenvalue weighted by atomic mass is 16.5. The largest absolute Gasteiger partial charge is 0.457 e. The lowest BCUT2D eigenvalue weighted by atomic mass is 9.72. The standard InChI is InChI=1S/C76H80N4O/c1-72(2,3)54-36-38-77-70(45-54)80-66-25-16-15-24-61(66)62-34-33-60(47-69(62)80)81-59-23-19-22-58(46-59)78-48-79(68-27-18-17-26-67(68)78)71-63(50-30-28-49(29-31-50)53-40-55(73(4,5)6)42-56(41-53)74(7,8)9)43-57(75(10,11)12)44-64(71)51-32-35-65-52(39-51)21-20-37-76(65,13)14/h15-19,22-36,38-47H,20-21,37,48H2,1-14H3/i15D,16D,24D,25D,28D,29D,30D,31D,32D,35D,39D,40D,41D,42D. The van der Waals surface area contributed by atoms with Crippen LogP contribution in [0.1, 0.15) is 162 Å². The smallest absolute Gasteiger partial charge is 0.137 e. The van der Waals surface area contributed by atoms with E-state index in [2.05, 4.69) is 39.5 Å². The summed E-state index contributed by atoms with van der Waals surface area (Å²) in [6.45, 7) is 27.8. The lowest BCUT2D eigenvalue weighted by Crippen LogP contribution is -2.25. The Morgan fingerprint density at radius 1 is 0.519 bits per heavy atom. The van der Waals surface area contributed by atoms with Crippen LogP contribution in [0.25, 0.3) is 61.0 Å². The molecule has 0 radical (unpaired) electrons. The Kier molecular flexibility index (Phi) is 9.60. The first kappa shape index (κ1) is 39.5. The summed E-state index contributed by atoms with van der Waals surface area (Å²) in [5, 5.41) is 0.943. The van der Waals surface area contributed by atoms with Crippen LogP contribution in [0.5, 0.6) is 11.5 Å². The molecular formula is C76H80N4O. The van der Waals surface area contributed by atoms with E-state index in [1.165, 1.54) is 0 Å². The van der Waals surface area contributed by atoms with Crippen LogP contribution in [0.2, 0.25) is 0 Å². The van der Waals surface area contributed by atoms with Crippen molar-refractivity contribution in [1.82, 2.24) is 9.55 Å². The topological polar surface area (TPSA) is 33.5 Å². The first-order valence-electron chi connectivity index (χ1n) is 35.3. The molecule has 5 nitrogen and oxygen atoms in total. The van der Waals surface area contributed by atoms with Crippen molar-refractivity contribution in [3.05, 3.63) is 215 Å². The number of ether oxygens (including phenoxy) is 1. The maximum atomic E-state index is 10.3. The summed E-state index contributed by atoms with van der Waals surface area (Å²) in [4.78, 5) is 8.87. The highest BCUT2D eigenvalue weighted by Crippen LogP contribution is 2.53. The van der Waals surface area contributed by atoms with Gasteiger partial charge >= 0.3 is 0 Å². The number of anilines is 4. The molecule has 2 aromatic heterocycles. The molecule has 1 aliphatic carbocycles. The molecule has 0 N–H and O–H groups in total. The fourth-order valence-electron chi connectivity index (χ4n) is 11.3. The second kappa shape index (κ2) is 19.7. The quantitative estimate of drug-likeness (QED) is 0.152. The van der Waals surface area contributed by atoms with Gasteiger partial charge in [-0.1, -0.05) is 194 Å². The maximum Gasteiger partial charge on any atom is 0.137 e. The van der Waals surface area contributed by atoms with Crippen LogP contribution in [0.4, 0.5) is 22.7 Å². The van der Waals surface area contributed by atoms with E-state index >= 15 is 0 Å². The zero-order valence-electron chi connectivity index (χ0n) is 63.3. The zero-order valence-corrected chi connectivity index (χ0v) is 49.3. The monoisotopic (exact) mass is 1080 g/mol. The van der Waals surface area contributed by atoms with Crippen LogP contribution >= 0.6 is 0 Å². The van der Waals surface area contributed by atoms with E-state index in [9.17, 15) is 15.1 Å². The summed E-state index contributed by atoms with van der Waals surface area (Å²) in [7, 11) is 0. The molecule has 8 aromatic carbocycles. The Balaban J connectivity index is 1.07. The number of hydrogen-bond donors (Lipinski definition) is 0. The van der Waals surface area contributed by atoms with Gasteiger partial charge in [0.05, 0.1) is 47.3 Å². The number of hydrogen-bond acceptors (Lipinski definition) is 4. The summed E-state index contributed by atoms with van der Waals surface area (Å²) >= 11 is 0. The van der Waals surface area contributed by atoms with E-state index in [4.69, 9.17) is 13.8 Å². The molecule has 81 heavy (non-hydrogen) atoms. The Morgan fingerprint density at radius 2 is 1.15 bits per heavy atom. The SMILES string of the molecule is [2H]c1c([2H])c(-c2c([2H])c(C(C)(C)C)c([2H])c(C(C)(C)C)c2[2H])c([2H])c([2H])c1-c1cc(C(C)(C)C)cc(-c2c([2H])c([2H])c3c(c2[2H])CCCC3(C)C)c1N1CN(c2cccc(Oc3ccc4c5c([2H])c([2H])c([2H])c([2H])c5n(-c5cc(C(C)(C)C)ccn5)c4c3)c2)c2ccccc21. The van der Waals surface area contributed by atoms with E-state index in [1.54, 1.807) is 22.9 Å². The summed E-state index contributed by atoms with van der Waals surface area (Å²) in [6, 6.07) is 25.2. The first-order valence-corrected chi connectivity index (χ1v) is 28.3. The molecule has 0 saturated heterocycles. The Morgan fingerprint density at radius 3 is 1.84 bits per heavy atom. The summed E-state index contributed by atoms with van der Waals surface area (Å²) in [5.41, 5.74) is 4.60. The average Bonchev–Trinajstić information content (AvgIpc) is 0.976. The van der Waals surface area contributed by atoms with E-state index in [0.29, 0.717) is 90.5 Å². The number of pyridine rings is 1. The predicted octanol–water partition coefficient (Wildman–Crippen LogP) is 21.0. The van der Waals surface area contributed by atoms with Crippen molar-refractivity contribution < 1.29 is 23.9 Å². The van der Waals surface area contributed by atoms with Crippen LogP contribution in [-0.4, -0.2) is 16.2 Å². The van der Waals surface area contributed by atoms with Crippen LogP contribution < -0.4 is 14.5 Å². The molecule has 2 aliphatic rings. The minimum atomic E-state index is -0.776. The molecule has 5 heteroatoms.